The van der Waals surface area contributed by atoms with Gasteiger partial charge in [-0.05, 0) is 29.0 Å². The van der Waals surface area contributed by atoms with Gasteiger partial charge in [-0.3, -0.25) is 9.59 Å². The first-order chi connectivity index (χ1) is 19.0. The Balaban J connectivity index is 1.63. The van der Waals surface area contributed by atoms with E-state index in [0.717, 1.165) is 16.5 Å². The molecule has 0 saturated carbocycles. The van der Waals surface area contributed by atoms with E-state index < -0.39 is 17.7 Å². The second-order valence-electron chi connectivity index (χ2n) is 9.20. The maximum Gasteiger partial charge on any atom is 0.344 e. The molecule has 0 aliphatic carbocycles. The Bertz CT molecular complexity index is 1670. The van der Waals surface area contributed by atoms with Crippen LogP contribution in [0.2, 0.25) is 0 Å². The van der Waals surface area contributed by atoms with Gasteiger partial charge in [-0.15, -0.1) is 0 Å². The van der Waals surface area contributed by atoms with Gasteiger partial charge in [0.15, 0.2) is 6.61 Å². The Hall–Kier alpha value is -4.91. The van der Waals surface area contributed by atoms with Crippen molar-refractivity contribution < 1.29 is 23.9 Å². The van der Waals surface area contributed by atoms with Crippen molar-refractivity contribution in [3.63, 3.8) is 0 Å². The SMILES string of the molecule is CCc1c(C(=O)C(N)=O)c2c(OCC(=O)OCc3ccccc3)c3ccccc3cc2n1Cc1ccccc1. The summed E-state index contributed by atoms with van der Waals surface area (Å²) in [7, 11) is 0. The van der Waals surface area contributed by atoms with Crippen LogP contribution in [-0.4, -0.2) is 28.8 Å². The van der Waals surface area contributed by atoms with Crippen molar-refractivity contribution in [3.8, 4) is 5.75 Å². The van der Waals surface area contributed by atoms with Gasteiger partial charge in [0.25, 0.3) is 11.7 Å². The minimum atomic E-state index is -1.05. The van der Waals surface area contributed by atoms with Crippen LogP contribution in [0.5, 0.6) is 5.75 Å². The highest BCUT2D eigenvalue weighted by Crippen LogP contribution is 2.41. The zero-order chi connectivity index (χ0) is 27.4. The third kappa shape index (κ3) is 5.25. The van der Waals surface area contributed by atoms with E-state index in [1.165, 1.54) is 0 Å². The fourth-order valence-electron chi connectivity index (χ4n) is 4.92. The minimum Gasteiger partial charge on any atom is -0.481 e. The van der Waals surface area contributed by atoms with Crippen LogP contribution in [0.15, 0.2) is 91.0 Å². The summed E-state index contributed by atoms with van der Waals surface area (Å²) in [5.41, 5.74) is 8.99. The lowest BCUT2D eigenvalue weighted by atomic mass is 10.00. The molecule has 196 valence electrons. The summed E-state index contributed by atoms with van der Waals surface area (Å²) in [6.07, 6.45) is 0.477. The Morgan fingerprint density at radius 2 is 1.49 bits per heavy atom. The number of ether oxygens (including phenoxy) is 2. The second kappa shape index (κ2) is 11.2. The van der Waals surface area contributed by atoms with Gasteiger partial charge in [-0.25, -0.2) is 4.79 Å². The zero-order valence-corrected chi connectivity index (χ0v) is 21.6. The van der Waals surface area contributed by atoms with Gasteiger partial charge in [-0.2, -0.15) is 0 Å². The number of primary amides is 1. The van der Waals surface area contributed by atoms with E-state index in [-0.39, 0.29) is 18.8 Å². The van der Waals surface area contributed by atoms with Crippen molar-refractivity contribution in [2.75, 3.05) is 6.61 Å². The number of carbonyl (C=O) groups is 3. The maximum absolute atomic E-state index is 13.3. The summed E-state index contributed by atoms with van der Waals surface area (Å²) in [5, 5.41) is 2.03. The van der Waals surface area contributed by atoms with Crippen molar-refractivity contribution in [3.05, 3.63) is 113 Å². The van der Waals surface area contributed by atoms with Crippen molar-refractivity contribution in [1.29, 1.82) is 0 Å². The molecule has 2 N–H and O–H groups in total. The highest BCUT2D eigenvalue weighted by Gasteiger charge is 2.29. The van der Waals surface area contributed by atoms with Crippen LogP contribution in [0.3, 0.4) is 0 Å². The van der Waals surface area contributed by atoms with Crippen LogP contribution in [0.1, 0.15) is 34.1 Å². The predicted octanol–water partition coefficient (Wildman–Crippen LogP) is 5.20. The summed E-state index contributed by atoms with van der Waals surface area (Å²) < 4.78 is 13.6. The lowest BCUT2D eigenvalue weighted by Crippen LogP contribution is -2.24. The number of carbonyl (C=O) groups excluding carboxylic acids is 3. The first-order valence-electron chi connectivity index (χ1n) is 12.7. The van der Waals surface area contributed by atoms with Gasteiger partial charge in [0.1, 0.15) is 12.4 Å². The number of amides is 1. The zero-order valence-electron chi connectivity index (χ0n) is 21.6. The number of ketones is 1. The quantitative estimate of drug-likeness (QED) is 0.155. The van der Waals surface area contributed by atoms with Crippen molar-refractivity contribution in [1.82, 2.24) is 4.57 Å². The normalized spacial score (nSPS) is 11.0. The molecule has 1 amide bonds. The average Bonchev–Trinajstić information content (AvgIpc) is 3.27. The van der Waals surface area contributed by atoms with Crippen LogP contribution in [0.25, 0.3) is 21.7 Å². The van der Waals surface area contributed by atoms with Gasteiger partial charge in [0.05, 0.1) is 16.5 Å². The van der Waals surface area contributed by atoms with Gasteiger partial charge in [0.2, 0.25) is 0 Å². The summed E-state index contributed by atoms with van der Waals surface area (Å²) >= 11 is 0. The third-order valence-corrected chi connectivity index (χ3v) is 6.68. The summed E-state index contributed by atoms with van der Waals surface area (Å²) in [6, 6.07) is 28.8. The van der Waals surface area contributed by atoms with Crippen molar-refractivity contribution in [2.24, 2.45) is 5.73 Å². The molecule has 0 bridgehead atoms. The monoisotopic (exact) mass is 520 g/mol. The second-order valence-corrected chi connectivity index (χ2v) is 9.20. The molecule has 39 heavy (non-hydrogen) atoms. The number of fused-ring (bicyclic) bond motifs is 2. The van der Waals surface area contributed by atoms with E-state index in [0.29, 0.717) is 40.7 Å². The lowest BCUT2D eigenvalue weighted by Gasteiger charge is -2.13. The van der Waals surface area contributed by atoms with Gasteiger partial charge in [-0.1, -0.05) is 91.9 Å². The molecule has 0 saturated heterocycles. The number of nitrogens with two attached hydrogens (primary N) is 1. The molecule has 4 aromatic carbocycles. The Morgan fingerprint density at radius 1 is 0.846 bits per heavy atom. The first-order valence-corrected chi connectivity index (χ1v) is 12.7. The van der Waals surface area contributed by atoms with Crippen molar-refractivity contribution >= 4 is 39.3 Å². The molecule has 0 radical (unpaired) electrons. The number of hydrogen-bond donors (Lipinski definition) is 1. The molecule has 1 aromatic heterocycles. The highest BCUT2D eigenvalue weighted by atomic mass is 16.6. The number of benzene rings is 4. The molecule has 5 aromatic rings. The molecule has 0 fully saturated rings. The molecular formula is C32H28N2O5. The van der Waals surface area contributed by atoms with Crippen LogP contribution in [0.4, 0.5) is 0 Å². The van der Waals surface area contributed by atoms with E-state index >= 15 is 0 Å². The van der Waals surface area contributed by atoms with E-state index in [4.69, 9.17) is 15.2 Å². The largest absolute Gasteiger partial charge is 0.481 e. The summed E-state index contributed by atoms with van der Waals surface area (Å²) in [6.45, 7) is 2.15. The van der Waals surface area contributed by atoms with Crippen LogP contribution < -0.4 is 10.5 Å². The summed E-state index contributed by atoms with van der Waals surface area (Å²) in [5.74, 6) is -2.06. The Kier molecular flexibility index (Phi) is 7.41. The third-order valence-electron chi connectivity index (χ3n) is 6.68. The Labute approximate surface area is 225 Å². The predicted molar refractivity (Wildman–Crippen MR) is 150 cm³/mol. The number of hydrogen-bond acceptors (Lipinski definition) is 5. The number of esters is 1. The topological polar surface area (TPSA) is 101 Å². The Morgan fingerprint density at radius 3 is 2.15 bits per heavy atom. The first kappa shape index (κ1) is 25.7. The molecule has 0 spiro atoms. The molecule has 5 rings (SSSR count). The number of aromatic nitrogens is 1. The van der Waals surface area contributed by atoms with Crippen LogP contribution in [-0.2, 0) is 33.9 Å². The maximum atomic E-state index is 13.3. The molecule has 0 atom stereocenters. The summed E-state index contributed by atoms with van der Waals surface area (Å²) in [4.78, 5) is 38.1. The molecule has 0 aliphatic heterocycles. The average molecular weight is 521 g/mol. The van der Waals surface area contributed by atoms with Crippen LogP contribution >= 0.6 is 0 Å². The molecule has 0 unspecified atom stereocenters. The fraction of sp³-hybridized carbons (Fsp3) is 0.156. The smallest absolute Gasteiger partial charge is 0.344 e. The molecule has 0 aliphatic rings. The number of nitrogens with zero attached hydrogens (tertiary/aromatic N) is 1. The molecule has 7 nitrogen and oxygen atoms in total. The van der Waals surface area contributed by atoms with E-state index in [1.54, 1.807) is 0 Å². The fourth-order valence-corrected chi connectivity index (χ4v) is 4.92. The van der Waals surface area contributed by atoms with Gasteiger partial charge in [0, 0.05) is 17.6 Å². The highest BCUT2D eigenvalue weighted by molar-refractivity contribution is 6.45. The van der Waals surface area contributed by atoms with Crippen LogP contribution in [0, 0.1) is 0 Å². The number of Topliss-reactive ketones (excluding diaryl/α,β-unsaturated/α-hetero) is 1. The molecular weight excluding hydrogens is 492 g/mol. The molecule has 7 heteroatoms. The minimum absolute atomic E-state index is 0.118. The standard InChI is InChI=1S/C32H28N2O5/c1-2-25-28(30(36)32(33)37)29-26(34(25)18-21-11-5-3-6-12-21)17-23-15-9-10-16-24(23)31(29)39-20-27(35)38-19-22-13-7-4-8-14-22/h3-17H,2,18-20H2,1H3,(H2,33,37). The van der Waals surface area contributed by atoms with Gasteiger partial charge >= 0.3 is 5.97 Å². The van der Waals surface area contributed by atoms with E-state index in [1.807, 2.05) is 102 Å². The lowest BCUT2D eigenvalue weighted by molar-refractivity contribution is -0.147. The van der Waals surface area contributed by atoms with Crippen molar-refractivity contribution in [2.45, 2.75) is 26.5 Å². The number of rotatable bonds is 10. The molecule has 1 heterocycles. The van der Waals surface area contributed by atoms with Gasteiger partial charge < -0.3 is 19.8 Å². The van der Waals surface area contributed by atoms with E-state index in [9.17, 15) is 14.4 Å². The van der Waals surface area contributed by atoms with E-state index in [2.05, 4.69) is 0 Å².